The Kier molecular flexibility index (Phi) is 8.76. The molecule has 1 rings (SSSR count). The summed E-state index contributed by atoms with van der Waals surface area (Å²) in [6.07, 6.45) is 1.01. The molecule has 0 aliphatic heterocycles. The van der Waals surface area contributed by atoms with Crippen molar-refractivity contribution in [3.63, 3.8) is 0 Å². The molecule has 1 aromatic rings. The van der Waals surface area contributed by atoms with Gasteiger partial charge in [0.15, 0.2) is 0 Å². The highest BCUT2D eigenvalue weighted by molar-refractivity contribution is 9.10. The van der Waals surface area contributed by atoms with Crippen LogP contribution in [0.3, 0.4) is 0 Å². The Morgan fingerprint density at radius 1 is 1.33 bits per heavy atom. The van der Waals surface area contributed by atoms with Gasteiger partial charge in [0.05, 0.1) is 12.3 Å². The fourth-order valence-corrected chi connectivity index (χ4v) is 3.26. The maximum atomic E-state index is 14.0. The van der Waals surface area contributed by atoms with E-state index in [1.165, 1.54) is 23.9 Å². The first-order chi connectivity index (χ1) is 11.2. The molecule has 0 bridgehead atoms. The zero-order valence-electron chi connectivity index (χ0n) is 14.3. The van der Waals surface area contributed by atoms with Crippen LogP contribution in [0.1, 0.15) is 40.5 Å². The Morgan fingerprint density at radius 3 is 2.58 bits per heavy atom. The highest BCUT2D eigenvalue weighted by Gasteiger charge is 2.19. The second-order valence-corrected chi connectivity index (χ2v) is 8.08. The highest BCUT2D eigenvalue weighted by Crippen LogP contribution is 2.35. The van der Waals surface area contributed by atoms with Crippen molar-refractivity contribution in [2.75, 3.05) is 11.9 Å². The van der Waals surface area contributed by atoms with Crippen molar-refractivity contribution in [1.29, 1.82) is 0 Å². The topological polar surface area (TPSA) is 55.4 Å². The van der Waals surface area contributed by atoms with Gasteiger partial charge in [0.25, 0.3) is 0 Å². The summed E-state index contributed by atoms with van der Waals surface area (Å²) >= 11 is 4.55. The minimum atomic E-state index is -0.522. The van der Waals surface area contributed by atoms with E-state index in [1.807, 2.05) is 20.8 Å². The zero-order valence-corrected chi connectivity index (χ0v) is 16.7. The van der Waals surface area contributed by atoms with Crippen LogP contribution >= 0.6 is 27.7 Å². The van der Waals surface area contributed by atoms with Gasteiger partial charge < -0.3 is 10.1 Å². The number of ether oxygens (including phenoxy) is 1. The number of anilines is 1. The molecule has 4 nitrogen and oxygen atoms in total. The maximum absolute atomic E-state index is 14.0. The molecule has 1 atom stereocenters. The van der Waals surface area contributed by atoms with Crippen LogP contribution in [0.15, 0.2) is 21.5 Å². The summed E-state index contributed by atoms with van der Waals surface area (Å²) in [5.74, 6) is -0.810. The van der Waals surface area contributed by atoms with Gasteiger partial charge in [0, 0.05) is 15.8 Å². The maximum Gasteiger partial charge on any atom is 0.319 e. The van der Waals surface area contributed by atoms with Crippen LogP contribution in [0.5, 0.6) is 0 Å². The first-order valence-electron chi connectivity index (χ1n) is 7.86. The van der Waals surface area contributed by atoms with E-state index in [-0.39, 0.29) is 23.5 Å². The number of amides is 1. The third-order valence-electron chi connectivity index (χ3n) is 2.97. The Bertz CT molecular complexity index is 595. The van der Waals surface area contributed by atoms with Crippen molar-refractivity contribution < 1.29 is 18.7 Å². The third kappa shape index (κ3) is 6.81. The summed E-state index contributed by atoms with van der Waals surface area (Å²) in [6, 6.07) is 2.82. The van der Waals surface area contributed by atoms with Gasteiger partial charge >= 0.3 is 5.97 Å². The fraction of sp³-hybridized carbons (Fsp3) is 0.529. The van der Waals surface area contributed by atoms with Gasteiger partial charge in [-0.3, -0.25) is 9.59 Å². The lowest BCUT2D eigenvalue weighted by molar-refractivity contribution is -0.143. The molecule has 0 spiro atoms. The fourth-order valence-electron chi connectivity index (χ4n) is 1.76. The second-order valence-electron chi connectivity index (χ2n) is 5.84. The van der Waals surface area contributed by atoms with Crippen LogP contribution in [0.4, 0.5) is 10.1 Å². The average molecular weight is 420 g/mol. The van der Waals surface area contributed by atoms with Gasteiger partial charge in [0.1, 0.15) is 11.1 Å². The quantitative estimate of drug-likeness (QED) is 0.475. The lowest BCUT2D eigenvalue weighted by Crippen LogP contribution is -2.19. The van der Waals surface area contributed by atoms with Crippen LogP contribution in [-0.2, 0) is 14.3 Å². The molecule has 1 aromatic carbocycles. The van der Waals surface area contributed by atoms with Crippen LogP contribution in [0.25, 0.3) is 0 Å². The number of carbonyl (C=O) groups excluding carboxylic acids is 2. The van der Waals surface area contributed by atoms with E-state index in [0.717, 1.165) is 0 Å². The largest absolute Gasteiger partial charge is 0.465 e. The van der Waals surface area contributed by atoms with Crippen molar-refractivity contribution in [3.8, 4) is 0 Å². The monoisotopic (exact) mass is 419 g/mol. The molecule has 0 saturated heterocycles. The molecule has 0 aliphatic rings. The number of benzene rings is 1. The van der Waals surface area contributed by atoms with Crippen LogP contribution in [-0.4, -0.2) is 23.7 Å². The standard InChI is InChI=1S/C17H23BrFNO3S/c1-5-6-16(21)20-14-8-15(12(18)7-13(14)19)24-11(4)17(22)23-9-10(2)3/h7-8,10-11H,5-6,9H2,1-4H3,(H,20,21). The van der Waals surface area contributed by atoms with Crippen molar-refractivity contribution in [3.05, 3.63) is 22.4 Å². The molecule has 1 N–H and O–H groups in total. The lowest BCUT2D eigenvalue weighted by Gasteiger charge is -2.15. The number of hydrogen-bond donors (Lipinski definition) is 1. The molecule has 0 aromatic heterocycles. The van der Waals surface area contributed by atoms with Crippen molar-refractivity contribution >= 4 is 45.3 Å². The van der Waals surface area contributed by atoms with Gasteiger partial charge in [-0.2, -0.15) is 0 Å². The van der Waals surface area contributed by atoms with Crippen molar-refractivity contribution in [1.82, 2.24) is 0 Å². The van der Waals surface area contributed by atoms with Gasteiger partial charge in [0.2, 0.25) is 5.91 Å². The Labute approximate surface area is 155 Å². The average Bonchev–Trinajstić information content (AvgIpc) is 2.49. The number of nitrogens with one attached hydrogen (secondary N) is 1. The minimum absolute atomic E-state index is 0.113. The van der Waals surface area contributed by atoms with Crippen LogP contribution < -0.4 is 5.32 Å². The Hall–Kier alpha value is -1.08. The summed E-state index contributed by atoms with van der Waals surface area (Å²) < 4.78 is 19.7. The Morgan fingerprint density at radius 2 is 2.00 bits per heavy atom. The van der Waals surface area contributed by atoms with E-state index in [1.54, 1.807) is 6.92 Å². The number of rotatable bonds is 8. The zero-order chi connectivity index (χ0) is 18.3. The summed E-state index contributed by atoms with van der Waals surface area (Å²) in [7, 11) is 0. The summed E-state index contributed by atoms with van der Waals surface area (Å²) in [5.41, 5.74) is 0.113. The molecule has 1 unspecified atom stereocenters. The molecule has 1 amide bonds. The first-order valence-corrected chi connectivity index (χ1v) is 9.54. The summed E-state index contributed by atoms with van der Waals surface area (Å²) in [5, 5.41) is 2.12. The molecule has 0 heterocycles. The SMILES string of the molecule is CCCC(=O)Nc1cc(SC(C)C(=O)OCC(C)C)c(Br)cc1F. The predicted molar refractivity (Wildman–Crippen MR) is 98.8 cm³/mol. The van der Waals surface area contributed by atoms with E-state index in [4.69, 9.17) is 4.74 Å². The molecular formula is C17H23BrFNO3S. The Balaban J connectivity index is 2.83. The van der Waals surface area contributed by atoms with Gasteiger partial charge in [-0.25, -0.2) is 4.39 Å². The molecule has 0 fully saturated rings. The molecule has 0 saturated carbocycles. The number of halogens is 2. The van der Waals surface area contributed by atoms with Gasteiger partial charge in [-0.15, -0.1) is 11.8 Å². The van der Waals surface area contributed by atoms with E-state index < -0.39 is 11.1 Å². The number of thioether (sulfide) groups is 1. The van der Waals surface area contributed by atoms with E-state index >= 15 is 0 Å². The molecule has 24 heavy (non-hydrogen) atoms. The van der Waals surface area contributed by atoms with E-state index in [0.29, 0.717) is 28.8 Å². The number of carbonyl (C=O) groups is 2. The smallest absolute Gasteiger partial charge is 0.319 e. The van der Waals surface area contributed by atoms with Crippen molar-refractivity contribution in [2.45, 2.75) is 50.7 Å². The van der Waals surface area contributed by atoms with Crippen LogP contribution in [0, 0.1) is 11.7 Å². The third-order valence-corrected chi connectivity index (χ3v) is 5.02. The van der Waals surface area contributed by atoms with Crippen LogP contribution in [0.2, 0.25) is 0 Å². The molecule has 0 aliphatic carbocycles. The van der Waals surface area contributed by atoms with Gasteiger partial charge in [-0.05, 0) is 47.3 Å². The summed E-state index contributed by atoms with van der Waals surface area (Å²) in [6.45, 7) is 7.91. The molecule has 134 valence electrons. The van der Waals surface area contributed by atoms with E-state index in [2.05, 4.69) is 21.2 Å². The highest BCUT2D eigenvalue weighted by atomic mass is 79.9. The molecular weight excluding hydrogens is 397 g/mol. The minimum Gasteiger partial charge on any atom is -0.465 e. The second kappa shape index (κ2) is 10.0. The molecule has 7 heteroatoms. The lowest BCUT2D eigenvalue weighted by atomic mass is 10.2. The predicted octanol–water partition coefficient (Wildman–Crippen LogP) is 5.01. The first kappa shape index (κ1) is 21.0. The van der Waals surface area contributed by atoms with E-state index in [9.17, 15) is 14.0 Å². The number of hydrogen-bond acceptors (Lipinski definition) is 4. The summed E-state index contributed by atoms with van der Waals surface area (Å²) in [4.78, 5) is 24.3. The molecule has 0 radical (unpaired) electrons. The number of esters is 1. The van der Waals surface area contributed by atoms with Gasteiger partial charge in [-0.1, -0.05) is 20.8 Å². The van der Waals surface area contributed by atoms with Crippen molar-refractivity contribution in [2.24, 2.45) is 5.92 Å². The normalized spacial score (nSPS) is 12.1.